The number of amides is 2. The number of nitrogens with zero attached hydrogens (tertiary/aromatic N) is 2. The van der Waals surface area contributed by atoms with Crippen LogP contribution >= 0.6 is 36.4 Å². The summed E-state index contributed by atoms with van der Waals surface area (Å²) in [6.07, 6.45) is 7.05. The number of likely N-dealkylation sites (tertiary alicyclic amines) is 1. The minimum atomic E-state index is -0.177. The van der Waals surface area contributed by atoms with E-state index >= 15 is 0 Å². The summed E-state index contributed by atoms with van der Waals surface area (Å²) in [5.74, 6) is 1.08. The SMILES string of the molecule is Cl.Cl.O=C(Nc1ccc(Cl)cn1)C1CCCN(C(=O)CCC2CCNCC2)C1. The van der Waals surface area contributed by atoms with Gasteiger partial charge in [-0.05, 0) is 63.2 Å². The van der Waals surface area contributed by atoms with Crippen LogP contribution in [0.2, 0.25) is 5.02 Å². The van der Waals surface area contributed by atoms with Crippen LogP contribution in [0, 0.1) is 11.8 Å². The van der Waals surface area contributed by atoms with Gasteiger partial charge < -0.3 is 15.5 Å². The largest absolute Gasteiger partial charge is 0.342 e. The highest BCUT2D eigenvalue weighted by Crippen LogP contribution is 2.22. The average molecular weight is 452 g/mol. The lowest BCUT2D eigenvalue weighted by Gasteiger charge is -2.32. The predicted molar refractivity (Wildman–Crippen MR) is 117 cm³/mol. The second kappa shape index (κ2) is 12.5. The smallest absolute Gasteiger partial charge is 0.230 e. The number of halogens is 3. The maximum absolute atomic E-state index is 12.6. The van der Waals surface area contributed by atoms with Gasteiger partial charge in [0.1, 0.15) is 5.82 Å². The second-order valence-electron chi connectivity index (χ2n) is 7.26. The van der Waals surface area contributed by atoms with Crippen molar-refractivity contribution in [2.75, 3.05) is 31.5 Å². The third-order valence-electron chi connectivity index (χ3n) is 5.35. The number of piperidine rings is 2. The van der Waals surface area contributed by atoms with Gasteiger partial charge in [-0.3, -0.25) is 9.59 Å². The van der Waals surface area contributed by atoms with Crippen molar-refractivity contribution in [2.45, 2.75) is 38.5 Å². The zero-order chi connectivity index (χ0) is 18.4. The molecule has 2 saturated heterocycles. The third-order valence-corrected chi connectivity index (χ3v) is 5.57. The van der Waals surface area contributed by atoms with E-state index in [0.29, 0.717) is 29.7 Å². The highest BCUT2D eigenvalue weighted by molar-refractivity contribution is 6.30. The molecule has 3 rings (SSSR count). The monoisotopic (exact) mass is 450 g/mol. The van der Waals surface area contributed by atoms with Gasteiger partial charge in [0, 0.05) is 25.7 Å². The van der Waals surface area contributed by atoms with Crippen molar-refractivity contribution >= 4 is 54.0 Å². The molecule has 2 N–H and O–H groups in total. The number of nitrogens with one attached hydrogen (secondary N) is 2. The number of pyridine rings is 1. The highest BCUT2D eigenvalue weighted by Gasteiger charge is 2.29. The summed E-state index contributed by atoms with van der Waals surface area (Å²) in [5.41, 5.74) is 0. The van der Waals surface area contributed by atoms with E-state index in [-0.39, 0.29) is 42.5 Å². The lowest BCUT2D eigenvalue weighted by atomic mass is 9.92. The molecule has 0 aromatic carbocycles. The van der Waals surface area contributed by atoms with Crippen LogP contribution in [0.4, 0.5) is 5.82 Å². The van der Waals surface area contributed by atoms with Gasteiger partial charge in [0.2, 0.25) is 11.8 Å². The van der Waals surface area contributed by atoms with E-state index in [4.69, 9.17) is 11.6 Å². The molecule has 1 aromatic rings. The van der Waals surface area contributed by atoms with E-state index in [2.05, 4.69) is 15.6 Å². The van der Waals surface area contributed by atoms with Crippen LogP contribution < -0.4 is 10.6 Å². The first-order valence-corrected chi connectivity index (χ1v) is 9.90. The fourth-order valence-corrected chi connectivity index (χ4v) is 3.86. The number of carbonyl (C=O) groups excluding carboxylic acids is 2. The Morgan fingerprint density at radius 3 is 2.64 bits per heavy atom. The van der Waals surface area contributed by atoms with E-state index in [1.165, 1.54) is 6.20 Å². The van der Waals surface area contributed by atoms with Crippen molar-refractivity contribution in [3.05, 3.63) is 23.4 Å². The van der Waals surface area contributed by atoms with Gasteiger partial charge in [-0.25, -0.2) is 4.98 Å². The molecule has 0 spiro atoms. The molecule has 9 heteroatoms. The first-order chi connectivity index (χ1) is 12.6. The quantitative estimate of drug-likeness (QED) is 0.718. The highest BCUT2D eigenvalue weighted by atomic mass is 35.5. The Balaban J connectivity index is 0.00000196. The number of aromatic nitrogens is 1. The zero-order valence-electron chi connectivity index (χ0n) is 15.9. The van der Waals surface area contributed by atoms with E-state index < -0.39 is 0 Å². The number of rotatable bonds is 5. The molecule has 1 aromatic heterocycles. The Labute approximate surface area is 184 Å². The van der Waals surface area contributed by atoms with Gasteiger partial charge >= 0.3 is 0 Å². The van der Waals surface area contributed by atoms with Crippen molar-refractivity contribution in [2.24, 2.45) is 11.8 Å². The minimum absolute atomic E-state index is 0. The number of anilines is 1. The van der Waals surface area contributed by atoms with Gasteiger partial charge in [0.25, 0.3) is 0 Å². The molecule has 1 atom stereocenters. The van der Waals surface area contributed by atoms with Crippen LogP contribution in [-0.4, -0.2) is 47.9 Å². The molecule has 0 aliphatic carbocycles. The van der Waals surface area contributed by atoms with Crippen LogP contribution in [0.15, 0.2) is 18.3 Å². The van der Waals surface area contributed by atoms with Crippen LogP contribution in [0.5, 0.6) is 0 Å². The number of carbonyl (C=O) groups is 2. The van der Waals surface area contributed by atoms with Crippen LogP contribution in [-0.2, 0) is 9.59 Å². The summed E-state index contributed by atoms with van der Waals surface area (Å²) in [6, 6.07) is 3.38. The van der Waals surface area contributed by atoms with Crippen LogP contribution in [0.1, 0.15) is 38.5 Å². The van der Waals surface area contributed by atoms with Crippen molar-refractivity contribution in [3.63, 3.8) is 0 Å². The van der Waals surface area contributed by atoms with Crippen molar-refractivity contribution in [3.8, 4) is 0 Å². The molecule has 0 saturated carbocycles. The maximum Gasteiger partial charge on any atom is 0.230 e. The first kappa shape index (κ1) is 25.0. The Hall–Kier alpha value is -1.08. The predicted octanol–water partition coefficient (Wildman–Crippen LogP) is 3.54. The molecular weight excluding hydrogens is 423 g/mol. The molecule has 0 bridgehead atoms. The van der Waals surface area contributed by atoms with E-state index in [1.807, 2.05) is 4.90 Å². The molecule has 0 radical (unpaired) electrons. The minimum Gasteiger partial charge on any atom is -0.342 e. The van der Waals surface area contributed by atoms with Gasteiger partial charge in [-0.2, -0.15) is 0 Å². The van der Waals surface area contributed by atoms with Crippen LogP contribution in [0.25, 0.3) is 0 Å². The molecule has 2 aliphatic heterocycles. The number of hydrogen-bond donors (Lipinski definition) is 2. The van der Waals surface area contributed by atoms with Gasteiger partial charge in [0.05, 0.1) is 10.9 Å². The van der Waals surface area contributed by atoms with Crippen molar-refractivity contribution in [1.82, 2.24) is 15.2 Å². The lowest BCUT2D eigenvalue weighted by Crippen LogP contribution is -2.44. The van der Waals surface area contributed by atoms with E-state index in [0.717, 1.165) is 51.7 Å². The standard InChI is InChI=1S/C19H27ClN4O2.2ClH/c20-16-4-5-17(22-12-16)23-19(26)15-2-1-11-24(13-15)18(25)6-3-14-7-9-21-10-8-14;;/h4-5,12,14-15,21H,1-3,6-11,13H2,(H,22,23,26);2*1H. The third kappa shape index (κ3) is 7.39. The molecule has 2 aliphatic rings. The number of hydrogen-bond acceptors (Lipinski definition) is 4. The molecule has 1 unspecified atom stereocenters. The molecule has 158 valence electrons. The summed E-state index contributed by atoms with van der Waals surface area (Å²) in [6.45, 7) is 3.38. The maximum atomic E-state index is 12.6. The second-order valence-corrected chi connectivity index (χ2v) is 7.70. The summed E-state index contributed by atoms with van der Waals surface area (Å²) >= 11 is 5.81. The Morgan fingerprint density at radius 2 is 1.96 bits per heavy atom. The Morgan fingerprint density at radius 1 is 1.21 bits per heavy atom. The topological polar surface area (TPSA) is 74.3 Å². The molecular formula is C19H29Cl3N4O2. The first-order valence-electron chi connectivity index (χ1n) is 9.53. The van der Waals surface area contributed by atoms with Gasteiger partial charge in [-0.15, -0.1) is 24.8 Å². The fourth-order valence-electron chi connectivity index (χ4n) is 3.75. The molecule has 28 heavy (non-hydrogen) atoms. The molecule has 6 nitrogen and oxygen atoms in total. The summed E-state index contributed by atoms with van der Waals surface area (Å²) in [4.78, 5) is 31.0. The van der Waals surface area contributed by atoms with Crippen LogP contribution in [0.3, 0.4) is 0 Å². The normalized spacial score (nSPS) is 19.9. The summed E-state index contributed by atoms with van der Waals surface area (Å²) in [7, 11) is 0. The fraction of sp³-hybridized carbons (Fsp3) is 0.632. The van der Waals surface area contributed by atoms with Crippen molar-refractivity contribution < 1.29 is 9.59 Å². The molecule has 2 amide bonds. The average Bonchev–Trinajstić information content (AvgIpc) is 2.69. The zero-order valence-corrected chi connectivity index (χ0v) is 18.3. The molecule has 3 heterocycles. The Kier molecular flexibility index (Phi) is 11.1. The van der Waals surface area contributed by atoms with Gasteiger partial charge in [0.15, 0.2) is 0 Å². The van der Waals surface area contributed by atoms with E-state index in [9.17, 15) is 9.59 Å². The lowest BCUT2D eigenvalue weighted by molar-refractivity contribution is -0.134. The van der Waals surface area contributed by atoms with Crippen molar-refractivity contribution in [1.29, 1.82) is 0 Å². The molecule has 2 fully saturated rings. The van der Waals surface area contributed by atoms with E-state index in [1.54, 1.807) is 12.1 Å². The summed E-state index contributed by atoms with van der Waals surface area (Å²) in [5, 5.41) is 6.72. The Bertz CT molecular complexity index is 624. The summed E-state index contributed by atoms with van der Waals surface area (Å²) < 4.78 is 0. The van der Waals surface area contributed by atoms with Gasteiger partial charge in [-0.1, -0.05) is 11.6 Å².